The summed E-state index contributed by atoms with van der Waals surface area (Å²) in [4.78, 5) is 31.4. The van der Waals surface area contributed by atoms with Crippen LogP contribution in [0.1, 0.15) is 56.4 Å². The highest BCUT2D eigenvalue weighted by Gasteiger charge is 2.34. The molecule has 2 saturated heterocycles. The molecule has 0 unspecified atom stereocenters. The number of amides is 2. The van der Waals surface area contributed by atoms with Crippen LogP contribution in [0.5, 0.6) is 0 Å². The molecule has 3 heterocycles. The number of nitrogens with one attached hydrogen (secondary N) is 2. The van der Waals surface area contributed by atoms with Crippen LogP contribution in [0.25, 0.3) is 10.9 Å². The van der Waals surface area contributed by atoms with Gasteiger partial charge < -0.3 is 24.7 Å². The Morgan fingerprint density at radius 1 is 0.957 bits per heavy atom. The summed E-state index contributed by atoms with van der Waals surface area (Å²) >= 11 is 5.55. The van der Waals surface area contributed by atoms with E-state index in [2.05, 4.69) is 37.1 Å². The molecule has 0 spiro atoms. The number of rotatable bonds is 11. The van der Waals surface area contributed by atoms with Gasteiger partial charge in [0.2, 0.25) is 5.91 Å². The molecule has 5 rings (SSSR count). The van der Waals surface area contributed by atoms with Gasteiger partial charge in [-0.15, -0.1) is 36.4 Å². The number of fused-ring (bicyclic) bond motifs is 1. The average Bonchev–Trinajstić information content (AvgIpc) is 3.43. The molecule has 3 aliphatic rings. The predicted molar refractivity (Wildman–Crippen MR) is 192 cm³/mol. The molecular formula is C34H53Cl3N6O4. The van der Waals surface area contributed by atoms with E-state index in [-0.39, 0.29) is 48.6 Å². The molecule has 3 fully saturated rings. The van der Waals surface area contributed by atoms with Crippen LogP contribution in [0.15, 0.2) is 30.3 Å². The molecule has 13 heteroatoms. The van der Waals surface area contributed by atoms with Gasteiger partial charge in [-0.1, -0.05) is 44.9 Å². The van der Waals surface area contributed by atoms with Crippen LogP contribution in [-0.4, -0.2) is 110 Å². The third kappa shape index (κ3) is 12.7. The molecule has 2 N–H and O–H groups in total. The summed E-state index contributed by atoms with van der Waals surface area (Å²) < 4.78 is 12.7. The second-order valence-electron chi connectivity index (χ2n) is 12.6. The third-order valence-corrected chi connectivity index (χ3v) is 9.06. The summed E-state index contributed by atoms with van der Waals surface area (Å²) in [6, 6.07) is 11.5. The first-order valence-corrected chi connectivity index (χ1v) is 17.2. The number of para-hydroxylation sites is 1. The lowest BCUT2D eigenvalue weighted by Gasteiger charge is -2.32. The molecule has 2 amide bonds. The number of halogens is 3. The average molecular weight is 716 g/mol. The number of ether oxygens (including phenoxy) is 2. The van der Waals surface area contributed by atoms with Gasteiger partial charge >= 0.3 is 0 Å². The summed E-state index contributed by atoms with van der Waals surface area (Å²) in [5.74, 6) is 0.463. The normalized spacial score (nSPS) is 20.9. The summed E-state index contributed by atoms with van der Waals surface area (Å²) in [7, 11) is 0. The second kappa shape index (κ2) is 21.8. The lowest BCUT2D eigenvalue weighted by Crippen LogP contribution is -2.50. The third-order valence-electron chi connectivity index (χ3n) is 8.89. The largest absolute Gasteiger partial charge is 0.379 e. The maximum absolute atomic E-state index is 13.6. The molecule has 1 aromatic carbocycles. The molecule has 0 bridgehead atoms. The SMILES string of the molecule is CC(C)C[C@@H](C#N)NC(=O)[C@@H]1CCCC[C@@H]1NC(=O)c1cc2ccccc2n1CCN1CCOCC1.Cl.Cl.ClCCN1CCOCC1. The number of morpholine rings is 2. The molecule has 264 valence electrons. The van der Waals surface area contributed by atoms with Crippen molar-refractivity contribution in [1.29, 1.82) is 5.26 Å². The van der Waals surface area contributed by atoms with Gasteiger partial charge in [0.1, 0.15) is 11.7 Å². The van der Waals surface area contributed by atoms with Crippen molar-refractivity contribution in [2.75, 3.05) is 71.6 Å². The number of hydrogen-bond donors (Lipinski definition) is 2. The fourth-order valence-corrected chi connectivity index (χ4v) is 6.64. The van der Waals surface area contributed by atoms with Gasteiger partial charge in [0.25, 0.3) is 5.91 Å². The van der Waals surface area contributed by atoms with Crippen LogP contribution in [0, 0.1) is 23.2 Å². The molecule has 1 aliphatic carbocycles. The first-order chi connectivity index (χ1) is 21.9. The molecule has 2 aromatic rings. The van der Waals surface area contributed by atoms with Crippen LogP contribution < -0.4 is 10.6 Å². The van der Waals surface area contributed by atoms with E-state index in [1.54, 1.807) is 0 Å². The van der Waals surface area contributed by atoms with Gasteiger partial charge in [0.05, 0.1) is 38.4 Å². The molecule has 0 radical (unpaired) electrons. The fourth-order valence-electron chi connectivity index (χ4n) is 6.40. The van der Waals surface area contributed by atoms with Crippen LogP contribution in [0.4, 0.5) is 0 Å². The smallest absolute Gasteiger partial charge is 0.268 e. The van der Waals surface area contributed by atoms with Crippen molar-refractivity contribution in [2.24, 2.45) is 11.8 Å². The second-order valence-corrected chi connectivity index (χ2v) is 13.0. The van der Waals surface area contributed by atoms with Crippen molar-refractivity contribution >= 4 is 59.1 Å². The molecule has 47 heavy (non-hydrogen) atoms. The highest BCUT2D eigenvalue weighted by molar-refractivity contribution is 6.18. The fraction of sp³-hybridized carbons (Fsp3) is 0.676. The minimum atomic E-state index is -0.501. The van der Waals surface area contributed by atoms with Gasteiger partial charge in [-0.2, -0.15) is 5.26 Å². The topological polar surface area (TPSA) is 112 Å². The predicted octanol–water partition coefficient (Wildman–Crippen LogP) is 4.72. The molecule has 1 saturated carbocycles. The first kappa shape index (κ1) is 41.1. The van der Waals surface area contributed by atoms with E-state index >= 15 is 0 Å². The Hall–Kier alpha value is -2.10. The van der Waals surface area contributed by atoms with E-state index in [4.69, 9.17) is 21.1 Å². The van der Waals surface area contributed by atoms with Crippen LogP contribution in [0.2, 0.25) is 0 Å². The van der Waals surface area contributed by atoms with E-state index < -0.39 is 6.04 Å². The maximum Gasteiger partial charge on any atom is 0.268 e. The Morgan fingerprint density at radius 2 is 1.57 bits per heavy atom. The Morgan fingerprint density at radius 3 is 2.19 bits per heavy atom. The van der Waals surface area contributed by atoms with E-state index in [9.17, 15) is 14.9 Å². The number of carbonyl (C=O) groups excluding carboxylic acids is 2. The number of nitriles is 1. The minimum absolute atomic E-state index is 0. The number of alkyl halides is 1. The maximum atomic E-state index is 13.6. The van der Waals surface area contributed by atoms with Crippen LogP contribution in [-0.2, 0) is 20.8 Å². The van der Waals surface area contributed by atoms with Gasteiger partial charge in [0.15, 0.2) is 0 Å². The zero-order valence-corrected chi connectivity index (χ0v) is 30.2. The standard InChI is InChI=1S/C28H39N5O3.C6H12ClNO.2ClH/c1-20(2)17-22(19-29)30-27(34)23-8-4-5-9-24(23)31-28(35)26-18-21-7-3-6-10-25(21)33(26)12-11-32-13-15-36-16-14-32;7-1-2-8-3-5-9-6-4-8;;/h3,6-7,10,18,20,22-24H,4-5,8-9,11-17H2,1-2H3,(H,30,34)(H,31,35);1-6H2;2*1H/t22-,23+,24-;;;/m0.../s1. The minimum Gasteiger partial charge on any atom is -0.379 e. The van der Waals surface area contributed by atoms with Crippen molar-refractivity contribution in [1.82, 2.24) is 25.0 Å². The number of carbonyl (C=O) groups is 2. The highest BCUT2D eigenvalue weighted by atomic mass is 35.5. The number of benzene rings is 1. The lowest BCUT2D eigenvalue weighted by molar-refractivity contribution is -0.127. The first-order valence-electron chi connectivity index (χ1n) is 16.6. The molecular weight excluding hydrogens is 663 g/mol. The highest BCUT2D eigenvalue weighted by Crippen LogP contribution is 2.27. The van der Waals surface area contributed by atoms with Gasteiger partial charge in [-0.25, -0.2) is 0 Å². The van der Waals surface area contributed by atoms with Gasteiger partial charge in [-0.05, 0) is 37.3 Å². The number of hydrogen-bond acceptors (Lipinski definition) is 7. The van der Waals surface area contributed by atoms with Crippen LogP contribution >= 0.6 is 36.4 Å². The Kier molecular flexibility index (Phi) is 19.0. The van der Waals surface area contributed by atoms with E-state index in [0.29, 0.717) is 24.6 Å². The van der Waals surface area contributed by atoms with Crippen LogP contribution in [0.3, 0.4) is 0 Å². The number of aromatic nitrogens is 1. The Balaban J connectivity index is 0.000000605. The molecule has 1 aromatic heterocycles. The summed E-state index contributed by atoms with van der Waals surface area (Å²) in [5.41, 5.74) is 1.67. The van der Waals surface area contributed by atoms with E-state index in [0.717, 1.165) is 108 Å². The van der Waals surface area contributed by atoms with Crippen molar-refractivity contribution in [2.45, 2.75) is 64.6 Å². The monoisotopic (exact) mass is 714 g/mol. The zero-order valence-electron chi connectivity index (χ0n) is 27.8. The van der Waals surface area contributed by atoms with Crippen molar-refractivity contribution in [3.05, 3.63) is 36.0 Å². The summed E-state index contributed by atoms with van der Waals surface area (Å²) in [6.07, 6.45) is 4.03. The zero-order chi connectivity index (χ0) is 32.0. The van der Waals surface area contributed by atoms with Crippen molar-refractivity contribution in [3.8, 4) is 6.07 Å². The molecule has 10 nitrogen and oxygen atoms in total. The van der Waals surface area contributed by atoms with Gasteiger partial charge in [0, 0.05) is 68.6 Å². The van der Waals surface area contributed by atoms with Crippen molar-refractivity contribution < 1.29 is 19.1 Å². The quantitative estimate of drug-likeness (QED) is 0.324. The summed E-state index contributed by atoms with van der Waals surface area (Å²) in [5, 5.41) is 16.6. The summed E-state index contributed by atoms with van der Waals surface area (Å²) in [6.45, 7) is 13.8. The lowest BCUT2D eigenvalue weighted by atomic mass is 9.83. The molecule has 3 atom stereocenters. The molecule has 2 aliphatic heterocycles. The van der Waals surface area contributed by atoms with E-state index in [1.807, 2.05) is 38.1 Å². The number of nitrogens with zero attached hydrogens (tertiary/aromatic N) is 4. The van der Waals surface area contributed by atoms with E-state index in [1.165, 1.54) is 0 Å². The van der Waals surface area contributed by atoms with Gasteiger partial charge in [-0.3, -0.25) is 19.4 Å². The Labute approximate surface area is 297 Å². The van der Waals surface area contributed by atoms with Crippen molar-refractivity contribution in [3.63, 3.8) is 0 Å². The Bertz CT molecular complexity index is 1260.